The van der Waals surface area contributed by atoms with Crippen molar-refractivity contribution in [3.8, 4) is 0 Å². The first-order valence-corrected chi connectivity index (χ1v) is 16.8. The average Bonchev–Trinajstić information content (AvgIpc) is 3.23. The topological polar surface area (TPSA) is 198 Å². The molecule has 1 unspecified atom stereocenters. The first-order valence-electron chi connectivity index (χ1n) is 14.3. The molecule has 3 rings (SSSR count). The van der Waals surface area contributed by atoms with Gasteiger partial charge in [0.1, 0.15) is 11.6 Å². The third-order valence-electron chi connectivity index (χ3n) is 7.21. The quantitative estimate of drug-likeness (QED) is 0.134. The molecule has 248 valence electrons. The fraction of sp³-hybridized carbons (Fsp3) is 0.552. The van der Waals surface area contributed by atoms with Gasteiger partial charge in [0.25, 0.3) is 0 Å². The summed E-state index contributed by atoms with van der Waals surface area (Å²) < 4.78 is 38.6. The molecule has 0 spiro atoms. The van der Waals surface area contributed by atoms with Crippen LogP contribution in [-0.4, -0.2) is 68.8 Å². The molecule has 14 nitrogen and oxygen atoms in total. The fourth-order valence-electron chi connectivity index (χ4n) is 4.76. The Hall–Kier alpha value is -2.91. The van der Waals surface area contributed by atoms with Crippen LogP contribution in [-0.2, 0) is 44.0 Å². The average molecular weight is 669 g/mol. The molecule has 0 bridgehead atoms. The lowest BCUT2D eigenvalue weighted by molar-refractivity contribution is -0.172. The third kappa shape index (κ3) is 9.79. The number of carbonyl (C=O) groups is 3. The molecule has 0 radical (unpaired) electrons. The standard InChI is InChI=1S/C29H41N4O10PS/c1-19(35)15-22-23(42-25(29(22,5)43-20(2)36)33-12-11-24(30)32-27(33)38)17-41-44(39,31-16-21-9-7-6-8-10-21)40-13-14-45-26(37)28(3,4)18-34/h6-12,22-23,25,34H,13-18H2,1-5H3,(H,31,39)(H2,30,32,38)/t22-,23-,25-,29-,44?/m1/s1. The molecule has 1 aliphatic rings. The van der Waals surface area contributed by atoms with E-state index in [4.69, 9.17) is 24.3 Å². The van der Waals surface area contributed by atoms with E-state index < -0.39 is 48.7 Å². The van der Waals surface area contributed by atoms with Crippen molar-refractivity contribution in [1.82, 2.24) is 14.6 Å². The van der Waals surface area contributed by atoms with E-state index in [-0.39, 0.29) is 55.3 Å². The number of anilines is 1. The molecule has 1 aromatic carbocycles. The molecule has 4 N–H and O–H groups in total. The summed E-state index contributed by atoms with van der Waals surface area (Å²) in [7, 11) is -4.08. The van der Waals surface area contributed by atoms with E-state index in [2.05, 4.69) is 10.1 Å². The predicted molar refractivity (Wildman–Crippen MR) is 167 cm³/mol. The Bertz CT molecular complexity index is 1460. The van der Waals surface area contributed by atoms with Crippen molar-refractivity contribution in [1.29, 1.82) is 0 Å². The monoisotopic (exact) mass is 668 g/mol. The molecule has 1 aliphatic heterocycles. The highest BCUT2D eigenvalue weighted by atomic mass is 32.2. The smallest absolute Gasteiger partial charge is 0.405 e. The van der Waals surface area contributed by atoms with Gasteiger partial charge in [-0.25, -0.2) is 14.4 Å². The zero-order chi connectivity index (χ0) is 33.4. The minimum Gasteiger partial charge on any atom is -0.454 e. The molecule has 2 heterocycles. The first kappa shape index (κ1) is 36.6. The summed E-state index contributed by atoms with van der Waals surface area (Å²) in [5.41, 5.74) is 3.20. The van der Waals surface area contributed by atoms with Gasteiger partial charge in [0.05, 0.1) is 31.3 Å². The molecule has 1 saturated heterocycles. The van der Waals surface area contributed by atoms with E-state index in [0.29, 0.717) is 0 Å². The number of esters is 1. The van der Waals surface area contributed by atoms with Gasteiger partial charge >= 0.3 is 19.4 Å². The van der Waals surface area contributed by atoms with Crippen LogP contribution in [0.5, 0.6) is 0 Å². The predicted octanol–water partition coefficient (Wildman–Crippen LogP) is 2.85. The van der Waals surface area contributed by atoms with Gasteiger partial charge in [-0.15, -0.1) is 0 Å². The molecule has 0 aliphatic carbocycles. The summed E-state index contributed by atoms with van der Waals surface area (Å²) >= 11 is 0.933. The van der Waals surface area contributed by atoms with Gasteiger partial charge in [-0.1, -0.05) is 42.1 Å². The third-order valence-corrected chi connectivity index (χ3v) is 9.95. The van der Waals surface area contributed by atoms with Gasteiger partial charge < -0.3 is 25.1 Å². The molecule has 1 aromatic heterocycles. The second-order valence-corrected chi connectivity index (χ2v) is 14.4. The van der Waals surface area contributed by atoms with Crippen LogP contribution < -0.4 is 16.5 Å². The number of aromatic nitrogens is 2. The van der Waals surface area contributed by atoms with Gasteiger partial charge in [-0.3, -0.25) is 23.2 Å². The molecule has 16 heteroatoms. The van der Waals surface area contributed by atoms with Crippen molar-refractivity contribution >= 4 is 42.2 Å². The molecule has 45 heavy (non-hydrogen) atoms. The largest absolute Gasteiger partial charge is 0.454 e. The van der Waals surface area contributed by atoms with Crippen molar-refractivity contribution in [3.63, 3.8) is 0 Å². The summed E-state index contributed by atoms with van der Waals surface area (Å²) in [6, 6.07) is 10.5. The second kappa shape index (κ2) is 15.6. The van der Waals surface area contributed by atoms with Gasteiger partial charge in [-0.05, 0) is 39.3 Å². The number of thioether (sulfide) groups is 1. The number of hydrogen-bond acceptors (Lipinski definition) is 13. The Morgan fingerprint density at radius 1 is 1.20 bits per heavy atom. The van der Waals surface area contributed by atoms with E-state index in [1.807, 2.05) is 30.3 Å². The number of hydrogen-bond donors (Lipinski definition) is 3. The molecular formula is C29H41N4O10PS. The van der Waals surface area contributed by atoms with E-state index in [1.165, 1.54) is 26.1 Å². The molecule has 0 amide bonds. The number of benzene rings is 1. The zero-order valence-corrected chi connectivity index (χ0v) is 27.7. The number of carbonyl (C=O) groups excluding carboxylic acids is 3. The van der Waals surface area contributed by atoms with Gasteiger partial charge in [-0.2, -0.15) is 4.98 Å². The molecular weight excluding hydrogens is 627 g/mol. The lowest BCUT2D eigenvalue weighted by atomic mass is 9.82. The summed E-state index contributed by atoms with van der Waals surface area (Å²) in [4.78, 5) is 53.6. The van der Waals surface area contributed by atoms with Crippen molar-refractivity contribution in [2.75, 3.05) is 31.3 Å². The lowest BCUT2D eigenvalue weighted by Gasteiger charge is -2.34. The highest BCUT2D eigenvalue weighted by Gasteiger charge is 2.58. The highest BCUT2D eigenvalue weighted by molar-refractivity contribution is 8.13. The number of Topliss-reactive ketones (excluding diaryl/α,β-unsaturated/α-hetero) is 1. The van der Waals surface area contributed by atoms with Crippen LogP contribution in [0.1, 0.15) is 52.8 Å². The SMILES string of the molecule is CC(=O)C[C@@H]1[C@@H](COP(=O)(NCc2ccccc2)OCCSC(=O)C(C)(C)CO)O[C@@H](n2ccc(N)nc2=O)[C@]1(C)OC(C)=O. The summed E-state index contributed by atoms with van der Waals surface area (Å²) in [5.74, 6) is -1.64. The molecule has 2 aromatic rings. The number of nitrogen functional groups attached to an aromatic ring is 1. The summed E-state index contributed by atoms with van der Waals surface area (Å²) in [6.07, 6.45) is -0.996. The maximum atomic E-state index is 14.0. The summed E-state index contributed by atoms with van der Waals surface area (Å²) in [6.45, 7) is 6.60. The molecule has 5 atom stereocenters. The number of nitrogens with two attached hydrogens (primary N) is 1. The number of nitrogens with one attached hydrogen (secondary N) is 1. The van der Waals surface area contributed by atoms with E-state index in [1.54, 1.807) is 20.8 Å². The van der Waals surface area contributed by atoms with Crippen molar-refractivity contribution in [2.24, 2.45) is 11.3 Å². The van der Waals surface area contributed by atoms with Crippen LogP contribution >= 0.6 is 19.5 Å². The van der Waals surface area contributed by atoms with Crippen molar-refractivity contribution in [2.45, 2.75) is 65.5 Å². The Morgan fingerprint density at radius 3 is 2.49 bits per heavy atom. The van der Waals surface area contributed by atoms with Crippen molar-refractivity contribution in [3.05, 3.63) is 58.6 Å². The second-order valence-electron chi connectivity index (χ2n) is 11.5. The van der Waals surface area contributed by atoms with E-state index in [9.17, 15) is 28.8 Å². The maximum Gasteiger partial charge on any atom is 0.405 e. The number of aliphatic hydroxyl groups is 1. The fourth-order valence-corrected chi connectivity index (χ4v) is 7.00. The first-order chi connectivity index (χ1) is 21.1. The van der Waals surface area contributed by atoms with Crippen LogP contribution in [0.2, 0.25) is 0 Å². The molecule has 1 fully saturated rings. The molecule has 0 saturated carbocycles. The Morgan fingerprint density at radius 2 is 1.89 bits per heavy atom. The van der Waals surface area contributed by atoms with Crippen LogP contribution in [0.25, 0.3) is 0 Å². The Balaban J connectivity index is 1.86. The normalized spacial score (nSPS) is 22.9. The number of ether oxygens (including phenoxy) is 2. The number of rotatable bonds is 16. The van der Waals surface area contributed by atoms with Gasteiger partial charge in [0, 0.05) is 37.8 Å². The highest BCUT2D eigenvalue weighted by Crippen LogP contribution is 2.50. The lowest BCUT2D eigenvalue weighted by Crippen LogP contribution is -2.47. The number of nitrogens with zero attached hydrogens (tertiary/aromatic N) is 2. The van der Waals surface area contributed by atoms with Gasteiger partial charge in [0.2, 0.25) is 0 Å². The maximum absolute atomic E-state index is 14.0. The van der Waals surface area contributed by atoms with E-state index in [0.717, 1.165) is 21.9 Å². The Kier molecular flexibility index (Phi) is 12.7. The number of aliphatic hydroxyl groups excluding tert-OH is 1. The Labute approximate surface area is 265 Å². The van der Waals surface area contributed by atoms with Crippen LogP contribution in [0, 0.1) is 11.3 Å². The summed E-state index contributed by atoms with van der Waals surface area (Å²) in [5, 5.41) is 12.0. The van der Waals surface area contributed by atoms with Gasteiger partial charge in [0.15, 0.2) is 16.9 Å². The van der Waals surface area contributed by atoms with E-state index >= 15 is 0 Å². The van der Waals surface area contributed by atoms with Crippen LogP contribution in [0.3, 0.4) is 0 Å². The number of ketones is 1. The minimum atomic E-state index is -4.08. The van der Waals surface area contributed by atoms with Crippen LogP contribution in [0.4, 0.5) is 5.82 Å². The van der Waals surface area contributed by atoms with Crippen molar-refractivity contribution < 1.29 is 42.6 Å². The minimum absolute atomic E-state index is 0.0222. The van der Waals surface area contributed by atoms with Crippen LogP contribution in [0.15, 0.2) is 47.4 Å². The zero-order valence-electron chi connectivity index (χ0n) is 26.0.